The van der Waals surface area contributed by atoms with E-state index in [0.29, 0.717) is 5.82 Å². The van der Waals surface area contributed by atoms with Crippen LogP contribution < -0.4 is 0 Å². The van der Waals surface area contributed by atoms with Gasteiger partial charge in [0.2, 0.25) is 0 Å². The molecular formula is C14H14N2O4. The first-order valence-corrected chi connectivity index (χ1v) is 6.57. The Morgan fingerprint density at radius 3 is 2.50 bits per heavy atom. The number of nitrogens with zero attached hydrogens (tertiary/aromatic N) is 2. The number of pyridine rings is 1. The van der Waals surface area contributed by atoms with Crippen molar-refractivity contribution in [1.29, 1.82) is 0 Å². The van der Waals surface area contributed by atoms with Crippen LogP contribution in [0.3, 0.4) is 0 Å². The molecule has 20 heavy (non-hydrogen) atoms. The maximum atomic E-state index is 11.3. The first kappa shape index (κ1) is 12.7. The van der Waals surface area contributed by atoms with Crippen LogP contribution in [0.4, 0.5) is 0 Å². The van der Waals surface area contributed by atoms with E-state index in [4.69, 9.17) is 0 Å². The lowest BCUT2D eigenvalue weighted by atomic mass is 10.1. The van der Waals surface area contributed by atoms with Gasteiger partial charge in [0.1, 0.15) is 5.82 Å². The molecule has 0 bridgehead atoms. The second kappa shape index (κ2) is 4.63. The Hall–Kier alpha value is -2.37. The lowest BCUT2D eigenvalue weighted by Gasteiger charge is -2.08. The molecule has 0 aromatic carbocycles. The van der Waals surface area contributed by atoms with Crippen molar-refractivity contribution < 1.29 is 19.8 Å². The van der Waals surface area contributed by atoms with E-state index in [2.05, 4.69) is 4.98 Å². The third-order valence-corrected chi connectivity index (χ3v) is 3.84. The molecule has 3 rings (SSSR count). The van der Waals surface area contributed by atoms with Gasteiger partial charge in [0, 0.05) is 12.1 Å². The van der Waals surface area contributed by atoms with Gasteiger partial charge in [-0.15, -0.1) is 0 Å². The Bertz CT molecular complexity index is 699. The fraction of sp³-hybridized carbons (Fsp3) is 0.357. The minimum Gasteiger partial charge on any atom is -0.478 e. The van der Waals surface area contributed by atoms with Crippen LogP contribution in [0.25, 0.3) is 5.52 Å². The molecule has 1 aliphatic rings. The van der Waals surface area contributed by atoms with Gasteiger partial charge in [-0.05, 0) is 25.0 Å². The summed E-state index contributed by atoms with van der Waals surface area (Å²) in [6, 6.07) is 3.02. The lowest BCUT2D eigenvalue weighted by Crippen LogP contribution is -2.05. The zero-order chi connectivity index (χ0) is 14.3. The van der Waals surface area contributed by atoms with E-state index >= 15 is 0 Å². The molecule has 0 aliphatic heterocycles. The molecule has 0 radical (unpaired) electrons. The van der Waals surface area contributed by atoms with Crippen molar-refractivity contribution >= 4 is 17.5 Å². The van der Waals surface area contributed by atoms with Gasteiger partial charge < -0.3 is 14.6 Å². The largest absolute Gasteiger partial charge is 0.478 e. The summed E-state index contributed by atoms with van der Waals surface area (Å²) in [4.78, 5) is 26.8. The van der Waals surface area contributed by atoms with Crippen molar-refractivity contribution in [3.05, 3.63) is 35.4 Å². The van der Waals surface area contributed by atoms with Crippen LogP contribution in [0.15, 0.2) is 18.3 Å². The number of hydrogen-bond acceptors (Lipinski definition) is 3. The van der Waals surface area contributed by atoms with Crippen molar-refractivity contribution in [1.82, 2.24) is 9.38 Å². The van der Waals surface area contributed by atoms with Crippen LogP contribution in [0.2, 0.25) is 0 Å². The Kier molecular flexibility index (Phi) is 2.93. The third kappa shape index (κ3) is 1.84. The van der Waals surface area contributed by atoms with E-state index in [-0.39, 0.29) is 22.7 Å². The van der Waals surface area contributed by atoms with Crippen LogP contribution in [0, 0.1) is 0 Å². The summed E-state index contributed by atoms with van der Waals surface area (Å²) < 4.78 is 1.63. The molecule has 0 atom stereocenters. The van der Waals surface area contributed by atoms with Gasteiger partial charge in [0.05, 0.1) is 11.1 Å². The summed E-state index contributed by atoms with van der Waals surface area (Å²) in [5, 5.41) is 18.5. The number of rotatable bonds is 3. The molecule has 1 aliphatic carbocycles. The Balaban J connectivity index is 2.30. The van der Waals surface area contributed by atoms with Gasteiger partial charge in [0.25, 0.3) is 0 Å². The summed E-state index contributed by atoms with van der Waals surface area (Å²) in [6.45, 7) is 0. The second-order valence-electron chi connectivity index (χ2n) is 5.05. The number of aromatic nitrogens is 2. The standard InChI is InChI=1S/C14H14N2O4/c17-13(18)9-6-3-7-16-11(9)10(14(19)20)15-12(16)8-4-1-2-5-8/h3,6-8H,1-2,4-5H2,(H,17,18)(H,19,20). The Labute approximate surface area is 114 Å². The van der Waals surface area contributed by atoms with E-state index in [1.54, 1.807) is 16.7 Å². The highest BCUT2D eigenvalue weighted by molar-refractivity contribution is 6.03. The smallest absolute Gasteiger partial charge is 0.356 e. The third-order valence-electron chi connectivity index (χ3n) is 3.84. The van der Waals surface area contributed by atoms with Gasteiger partial charge in [-0.25, -0.2) is 14.6 Å². The summed E-state index contributed by atoms with van der Waals surface area (Å²) >= 11 is 0. The number of imidazole rings is 1. The minimum absolute atomic E-state index is 0.0263. The van der Waals surface area contributed by atoms with Crippen molar-refractivity contribution in [2.45, 2.75) is 31.6 Å². The molecule has 0 saturated heterocycles. The summed E-state index contributed by atoms with van der Waals surface area (Å²) in [5.41, 5.74) is -0.0269. The highest BCUT2D eigenvalue weighted by Crippen LogP contribution is 2.35. The molecule has 6 heteroatoms. The molecule has 1 saturated carbocycles. The Morgan fingerprint density at radius 1 is 1.20 bits per heavy atom. The van der Waals surface area contributed by atoms with Gasteiger partial charge in [-0.3, -0.25) is 0 Å². The van der Waals surface area contributed by atoms with Crippen LogP contribution in [-0.4, -0.2) is 31.5 Å². The van der Waals surface area contributed by atoms with Crippen LogP contribution in [0.1, 0.15) is 58.3 Å². The number of carboxylic acids is 2. The molecule has 0 unspecified atom stereocenters. The van der Waals surface area contributed by atoms with Crippen molar-refractivity contribution in [2.24, 2.45) is 0 Å². The van der Waals surface area contributed by atoms with E-state index in [9.17, 15) is 19.8 Å². The lowest BCUT2D eigenvalue weighted by molar-refractivity contribution is 0.0691. The molecule has 2 aromatic heterocycles. The zero-order valence-corrected chi connectivity index (χ0v) is 10.7. The van der Waals surface area contributed by atoms with Crippen molar-refractivity contribution in [3.63, 3.8) is 0 Å². The predicted molar refractivity (Wildman–Crippen MR) is 70.3 cm³/mol. The van der Waals surface area contributed by atoms with Crippen molar-refractivity contribution in [3.8, 4) is 0 Å². The van der Waals surface area contributed by atoms with Crippen LogP contribution in [-0.2, 0) is 0 Å². The van der Waals surface area contributed by atoms with E-state index < -0.39 is 11.9 Å². The van der Waals surface area contributed by atoms with Crippen LogP contribution >= 0.6 is 0 Å². The number of fused-ring (bicyclic) bond motifs is 1. The first-order valence-electron chi connectivity index (χ1n) is 6.57. The number of aromatic carboxylic acids is 2. The van der Waals surface area contributed by atoms with Gasteiger partial charge in [0.15, 0.2) is 5.69 Å². The minimum atomic E-state index is -1.19. The van der Waals surface area contributed by atoms with Crippen LogP contribution in [0.5, 0.6) is 0 Å². The van der Waals surface area contributed by atoms with Gasteiger partial charge in [-0.2, -0.15) is 0 Å². The van der Waals surface area contributed by atoms with E-state index in [1.165, 1.54) is 6.07 Å². The zero-order valence-electron chi connectivity index (χ0n) is 10.7. The molecule has 6 nitrogen and oxygen atoms in total. The average molecular weight is 274 g/mol. The molecule has 2 N–H and O–H groups in total. The average Bonchev–Trinajstić information content (AvgIpc) is 3.04. The topological polar surface area (TPSA) is 91.9 Å². The molecule has 2 aromatic rings. The van der Waals surface area contributed by atoms with E-state index in [0.717, 1.165) is 25.7 Å². The fourth-order valence-corrected chi connectivity index (χ4v) is 2.96. The number of hydrogen-bond donors (Lipinski definition) is 2. The molecule has 0 amide bonds. The molecular weight excluding hydrogens is 260 g/mol. The second-order valence-corrected chi connectivity index (χ2v) is 5.05. The molecule has 104 valence electrons. The maximum Gasteiger partial charge on any atom is 0.356 e. The summed E-state index contributed by atoms with van der Waals surface area (Å²) in [7, 11) is 0. The molecule has 0 spiro atoms. The highest BCUT2D eigenvalue weighted by Gasteiger charge is 2.27. The molecule has 2 heterocycles. The predicted octanol–water partition coefficient (Wildman–Crippen LogP) is 2.39. The normalized spacial score (nSPS) is 15.8. The molecule has 1 fully saturated rings. The number of carboxylic acid groups (broad SMARTS) is 2. The number of carbonyl (C=O) groups is 2. The maximum absolute atomic E-state index is 11.3. The first-order chi connectivity index (χ1) is 9.59. The fourth-order valence-electron chi connectivity index (χ4n) is 2.96. The summed E-state index contributed by atoms with van der Waals surface area (Å²) in [6.07, 6.45) is 5.82. The van der Waals surface area contributed by atoms with Gasteiger partial charge in [-0.1, -0.05) is 12.8 Å². The summed E-state index contributed by atoms with van der Waals surface area (Å²) in [5.74, 6) is -1.46. The Morgan fingerprint density at radius 2 is 1.90 bits per heavy atom. The van der Waals surface area contributed by atoms with Gasteiger partial charge >= 0.3 is 11.9 Å². The SMILES string of the molecule is O=C(O)c1cccn2c(C3CCCC3)nc(C(=O)O)c12. The quantitative estimate of drug-likeness (QED) is 0.896. The highest BCUT2D eigenvalue weighted by atomic mass is 16.4. The van der Waals surface area contributed by atoms with Crippen molar-refractivity contribution in [2.75, 3.05) is 0 Å². The van der Waals surface area contributed by atoms with E-state index in [1.807, 2.05) is 0 Å². The monoisotopic (exact) mass is 274 g/mol.